The van der Waals surface area contributed by atoms with Gasteiger partial charge in [0.25, 0.3) is 0 Å². The maximum absolute atomic E-state index is 5.54. The summed E-state index contributed by atoms with van der Waals surface area (Å²) in [7, 11) is 0. The largest absolute Gasteiger partial charge is 0.277 e. The second-order valence-corrected chi connectivity index (χ2v) is 16.2. The molecular weight excluding hydrogens is 727 g/mol. The molecule has 0 atom stereocenters. The van der Waals surface area contributed by atoms with Gasteiger partial charge >= 0.3 is 0 Å². The molecule has 0 bridgehead atoms. The lowest BCUT2D eigenvalue weighted by Gasteiger charge is -2.21. The lowest BCUT2D eigenvalue weighted by Crippen LogP contribution is -2.14. The monoisotopic (exact) mass is 769 g/mol. The summed E-state index contributed by atoms with van der Waals surface area (Å²) >= 11 is 0. The van der Waals surface area contributed by atoms with Crippen molar-refractivity contribution in [2.75, 3.05) is 0 Å². The van der Waals surface area contributed by atoms with Gasteiger partial charge in [0.05, 0.1) is 22.2 Å². The smallest absolute Gasteiger partial charge is 0.235 e. The van der Waals surface area contributed by atoms with Crippen molar-refractivity contribution < 1.29 is 0 Å². The number of nitrogens with zero attached hydrogens (tertiary/aromatic N) is 3. The zero-order valence-electron chi connectivity index (χ0n) is 34.2. The third kappa shape index (κ3) is 5.43. The zero-order valence-corrected chi connectivity index (χ0v) is 34.2. The average molecular weight is 770 g/mol. The number of aromatic nitrogens is 3. The summed E-state index contributed by atoms with van der Waals surface area (Å²) in [6, 6.07) is 68.3. The van der Waals surface area contributed by atoms with E-state index in [1.807, 2.05) is 13.8 Å². The predicted molar refractivity (Wildman–Crippen MR) is 254 cm³/mol. The van der Waals surface area contributed by atoms with Crippen molar-refractivity contribution >= 4 is 54.3 Å². The summed E-state index contributed by atoms with van der Waals surface area (Å²) < 4.78 is 2.32. The minimum atomic E-state index is -0.0616. The van der Waals surface area contributed by atoms with Crippen LogP contribution in [-0.2, 0) is 5.41 Å². The molecule has 0 saturated carbocycles. The van der Waals surface area contributed by atoms with Gasteiger partial charge in [0.1, 0.15) is 0 Å². The van der Waals surface area contributed by atoms with E-state index in [2.05, 4.69) is 206 Å². The maximum Gasteiger partial charge on any atom is 0.235 e. The molecule has 2 aromatic heterocycles. The molecule has 2 heterocycles. The number of hydrogen-bond donors (Lipinski definition) is 0. The summed E-state index contributed by atoms with van der Waals surface area (Å²) in [6.45, 7) is 8.68. The summed E-state index contributed by atoms with van der Waals surface area (Å²) in [5, 5.41) is 8.26. The second-order valence-electron chi connectivity index (χ2n) is 16.2. The third-order valence-corrected chi connectivity index (χ3v) is 12.6. The van der Waals surface area contributed by atoms with E-state index in [4.69, 9.17) is 9.97 Å². The van der Waals surface area contributed by atoms with Gasteiger partial charge in [-0.3, -0.25) is 4.57 Å². The molecule has 0 aliphatic heterocycles. The van der Waals surface area contributed by atoms with Gasteiger partial charge in [-0.2, -0.15) is 0 Å². The van der Waals surface area contributed by atoms with Crippen molar-refractivity contribution in [3.8, 4) is 50.6 Å². The highest BCUT2D eigenvalue weighted by molar-refractivity contribution is 6.17. The minimum absolute atomic E-state index is 0.0616. The van der Waals surface area contributed by atoms with Gasteiger partial charge in [-0.1, -0.05) is 191 Å². The molecular formula is C57H43N3. The Hall–Kier alpha value is -7.36. The van der Waals surface area contributed by atoms with Gasteiger partial charge < -0.3 is 0 Å². The molecule has 60 heavy (non-hydrogen) atoms. The number of rotatable bonds is 4. The quantitative estimate of drug-likeness (QED) is 0.178. The molecule has 11 aromatic rings. The Morgan fingerprint density at radius 2 is 0.983 bits per heavy atom. The van der Waals surface area contributed by atoms with Crippen LogP contribution in [0.5, 0.6) is 0 Å². The van der Waals surface area contributed by atoms with Crippen LogP contribution in [0.15, 0.2) is 188 Å². The molecule has 3 nitrogen and oxygen atoms in total. The van der Waals surface area contributed by atoms with Crippen molar-refractivity contribution in [2.45, 2.75) is 33.1 Å². The van der Waals surface area contributed by atoms with E-state index in [1.54, 1.807) is 0 Å². The van der Waals surface area contributed by atoms with Crippen LogP contribution < -0.4 is 0 Å². The molecule has 286 valence electrons. The topological polar surface area (TPSA) is 30.7 Å². The van der Waals surface area contributed by atoms with Crippen molar-refractivity contribution in [1.82, 2.24) is 14.5 Å². The highest BCUT2D eigenvalue weighted by atomic mass is 15.2. The van der Waals surface area contributed by atoms with Gasteiger partial charge in [-0.15, -0.1) is 0 Å². The van der Waals surface area contributed by atoms with E-state index in [0.717, 1.165) is 38.8 Å². The van der Waals surface area contributed by atoms with Crippen LogP contribution in [0.25, 0.3) is 105 Å². The second kappa shape index (κ2) is 13.9. The van der Waals surface area contributed by atoms with Crippen LogP contribution in [0.3, 0.4) is 0 Å². The Bertz CT molecular complexity index is 3470. The fourth-order valence-electron chi connectivity index (χ4n) is 9.75. The summed E-state index contributed by atoms with van der Waals surface area (Å²) in [5.74, 6) is 0.655. The van der Waals surface area contributed by atoms with Crippen molar-refractivity contribution in [3.05, 3.63) is 199 Å². The Balaban J connectivity index is 0.00000201. The molecule has 3 heteroatoms. The lowest BCUT2D eigenvalue weighted by molar-refractivity contribution is 0.660. The van der Waals surface area contributed by atoms with Crippen LogP contribution in [0.1, 0.15) is 38.8 Å². The summed E-state index contributed by atoms with van der Waals surface area (Å²) in [4.78, 5) is 10.9. The van der Waals surface area contributed by atoms with Crippen molar-refractivity contribution in [3.63, 3.8) is 0 Å². The number of hydrogen-bond acceptors (Lipinski definition) is 2. The molecule has 0 fully saturated rings. The predicted octanol–water partition coefficient (Wildman–Crippen LogP) is 15.4. The van der Waals surface area contributed by atoms with Crippen LogP contribution in [0.4, 0.5) is 0 Å². The van der Waals surface area contributed by atoms with E-state index in [0.29, 0.717) is 5.95 Å². The first kappa shape index (κ1) is 35.8. The Morgan fingerprint density at radius 1 is 0.400 bits per heavy atom. The highest BCUT2D eigenvalue weighted by Crippen LogP contribution is 2.50. The normalized spacial score (nSPS) is 12.8. The number of benzene rings is 9. The first-order valence-corrected chi connectivity index (χ1v) is 21.1. The molecule has 0 radical (unpaired) electrons. The third-order valence-electron chi connectivity index (χ3n) is 12.6. The van der Waals surface area contributed by atoms with Crippen LogP contribution in [0.2, 0.25) is 0 Å². The number of fused-ring (bicyclic) bond motifs is 9. The SMILES string of the molecule is CC.CC1(C)c2ccccc2-c2cc(-c3cccc4c5cc6ccccc6cc5n(-c5nc(-c6ccc(-c7cccc8ccccc78)cc6)c6ccccc6n5)c34)ccc21. The van der Waals surface area contributed by atoms with E-state index in [1.165, 1.54) is 71.3 Å². The molecule has 0 amide bonds. The summed E-state index contributed by atoms with van der Waals surface area (Å²) in [5.41, 5.74) is 15.1. The fraction of sp³-hybridized carbons (Fsp3) is 0.0877. The molecule has 9 aromatic carbocycles. The molecule has 1 aliphatic carbocycles. The Morgan fingerprint density at radius 3 is 1.82 bits per heavy atom. The maximum atomic E-state index is 5.54. The fourth-order valence-corrected chi connectivity index (χ4v) is 9.75. The highest BCUT2D eigenvalue weighted by Gasteiger charge is 2.35. The average Bonchev–Trinajstić information content (AvgIpc) is 3.75. The van der Waals surface area contributed by atoms with Crippen LogP contribution in [-0.4, -0.2) is 14.5 Å². The van der Waals surface area contributed by atoms with E-state index < -0.39 is 0 Å². The van der Waals surface area contributed by atoms with Crippen LogP contribution in [0, 0.1) is 0 Å². The molecule has 12 rings (SSSR count). The molecule has 1 aliphatic rings. The minimum Gasteiger partial charge on any atom is -0.277 e. The first-order valence-electron chi connectivity index (χ1n) is 21.1. The van der Waals surface area contributed by atoms with E-state index in [9.17, 15) is 0 Å². The van der Waals surface area contributed by atoms with Crippen LogP contribution >= 0.6 is 0 Å². The molecule has 0 spiro atoms. The molecule has 0 saturated heterocycles. The standard InChI is InChI=1S/C55H37N3.C2H6/c1-55(2)48-23-9-7-18-43(48)46-32-39(29-30-49(46)55)42-21-12-22-44-47-31-37-14-3-4-15-38(37)33-51(47)58(53(42)44)54-56-50-24-10-8-19-45(50)52(57-54)36-27-25-35(26-28-36)41-20-11-16-34-13-5-6-17-40(34)41;1-2/h3-33H,1-2H3;1-2H3. The Kier molecular flexibility index (Phi) is 8.28. The van der Waals surface area contributed by atoms with Gasteiger partial charge in [-0.25, -0.2) is 9.97 Å². The molecule has 0 N–H and O–H groups in total. The lowest BCUT2D eigenvalue weighted by atomic mass is 9.82. The molecule has 0 unspecified atom stereocenters. The Labute approximate surface area is 350 Å². The number of para-hydroxylation sites is 2. The van der Waals surface area contributed by atoms with Gasteiger partial charge in [0.2, 0.25) is 5.95 Å². The van der Waals surface area contributed by atoms with Gasteiger partial charge in [0.15, 0.2) is 0 Å². The first-order chi connectivity index (χ1) is 29.5. The van der Waals surface area contributed by atoms with Gasteiger partial charge in [0, 0.05) is 32.7 Å². The van der Waals surface area contributed by atoms with Gasteiger partial charge in [-0.05, 0) is 84.8 Å². The van der Waals surface area contributed by atoms with E-state index >= 15 is 0 Å². The van der Waals surface area contributed by atoms with E-state index in [-0.39, 0.29) is 5.41 Å². The summed E-state index contributed by atoms with van der Waals surface area (Å²) in [6.07, 6.45) is 0. The van der Waals surface area contributed by atoms with Crippen molar-refractivity contribution in [1.29, 1.82) is 0 Å². The van der Waals surface area contributed by atoms with Crippen molar-refractivity contribution in [2.24, 2.45) is 0 Å². The zero-order chi connectivity index (χ0) is 40.5.